The maximum absolute atomic E-state index is 11.9. The molecule has 1 amide bonds. The van der Waals surface area contributed by atoms with Gasteiger partial charge in [-0.05, 0) is 34.7 Å². The molecular weight excluding hydrogens is 375 g/mol. The Balaban J connectivity index is 2.56. The van der Waals surface area contributed by atoms with Crippen LogP contribution < -0.4 is 5.32 Å². The van der Waals surface area contributed by atoms with Crippen LogP contribution in [0.15, 0.2) is 24.3 Å². The van der Waals surface area contributed by atoms with Crippen LogP contribution in [-0.4, -0.2) is 55.2 Å². The van der Waals surface area contributed by atoms with Crippen molar-refractivity contribution in [1.82, 2.24) is 4.90 Å². The van der Waals surface area contributed by atoms with Gasteiger partial charge >= 0.3 is 5.97 Å². The molecule has 0 bridgehead atoms. The molecule has 110 valence electrons. The highest BCUT2D eigenvalue weighted by molar-refractivity contribution is 14.1. The van der Waals surface area contributed by atoms with Gasteiger partial charge in [0.05, 0.1) is 25.4 Å². The van der Waals surface area contributed by atoms with Crippen molar-refractivity contribution >= 4 is 40.2 Å². The Morgan fingerprint density at radius 2 is 2.05 bits per heavy atom. The smallest absolute Gasteiger partial charge is 0.317 e. The number of carbonyl (C=O) groups excluding carboxylic acids is 1. The Hall–Kier alpha value is -1.19. The standard InChI is InChI=1S/C13H17IN2O4/c1-20-7-6-16(9-13(18)19)8-12(17)15-11-5-3-2-4-10(11)14/h2-5H,6-9H2,1H3,(H,15,17)(H,18,19). The van der Waals surface area contributed by atoms with Crippen LogP contribution in [0.25, 0.3) is 0 Å². The van der Waals surface area contributed by atoms with Gasteiger partial charge in [-0.2, -0.15) is 0 Å². The molecule has 7 heteroatoms. The Kier molecular flexibility index (Phi) is 7.48. The summed E-state index contributed by atoms with van der Waals surface area (Å²) in [6.45, 7) is 0.592. The normalized spacial score (nSPS) is 10.6. The number of ether oxygens (including phenoxy) is 1. The van der Waals surface area contributed by atoms with Crippen LogP contribution in [-0.2, 0) is 14.3 Å². The summed E-state index contributed by atoms with van der Waals surface area (Å²) in [5.74, 6) is -1.21. The Bertz CT molecular complexity index is 467. The van der Waals surface area contributed by atoms with Crippen molar-refractivity contribution in [3.05, 3.63) is 27.8 Å². The fourth-order valence-corrected chi connectivity index (χ4v) is 2.10. The first-order valence-electron chi connectivity index (χ1n) is 6.00. The van der Waals surface area contributed by atoms with Gasteiger partial charge in [0.15, 0.2) is 0 Å². The molecule has 0 fully saturated rings. The number of hydrogen-bond acceptors (Lipinski definition) is 4. The molecule has 0 aliphatic carbocycles. The molecule has 6 nitrogen and oxygen atoms in total. The number of nitrogens with one attached hydrogen (secondary N) is 1. The third kappa shape index (κ3) is 6.31. The van der Waals surface area contributed by atoms with Gasteiger partial charge in [0.2, 0.25) is 5.91 Å². The minimum atomic E-state index is -0.969. The van der Waals surface area contributed by atoms with Crippen molar-refractivity contribution in [1.29, 1.82) is 0 Å². The lowest BCUT2D eigenvalue weighted by Crippen LogP contribution is -2.38. The van der Waals surface area contributed by atoms with Crippen molar-refractivity contribution in [2.24, 2.45) is 0 Å². The topological polar surface area (TPSA) is 78.9 Å². The quantitative estimate of drug-likeness (QED) is 0.652. The number of hydrogen-bond donors (Lipinski definition) is 2. The molecule has 0 aliphatic rings. The van der Waals surface area contributed by atoms with E-state index >= 15 is 0 Å². The van der Waals surface area contributed by atoms with Gasteiger partial charge in [-0.15, -0.1) is 0 Å². The molecule has 1 aromatic rings. The van der Waals surface area contributed by atoms with Gasteiger partial charge < -0.3 is 15.2 Å². The largest absolute Gasteiger partial charge is 0.480 e. The zero-order valence-electron chi connectivity index (χ0n) is 11.1. The van der Waals surface area contributed by atoms with Gasteiger partial charge in [-0.3, -0.25) is 14.5 Å². The van der Waals surface area contributed by atoms with Crippen LogP contribution in [0.2, 0.25) is 0 Å². The lowest BCUT2D eigenvalue weighted by molar-refractivity contribution is -0.138. The molecule has 0 heterocycles. The van der Waals surface area contributed by atoms with Crippen molar-refractivity contribution in [2.75, 3.05) is 38.7 Å². The molecule has 0 saturated heterocycles. The van der Waals surface area contributed by atoms with E-state index in [2.05, 4.69) is 27.9 Å². The summed E-state index contributed by atoms with van der Waals surface area (Å²) in [6, 6.07) is 7.40. The molecule has 0 unspecified atom stereocenters. The second-order valence-corrected chi connectivity index (χ2v) is 5.29. The number of carboxylic acid groups (broad SMARTS) is 1. The number of carbonyl (C=O) groups is 2. The number of halogens is 1. The van der Waals surface area contributed by atoms with Crippen LogP contribution in [0.1, 0.15) is 0 Å². The first-order chi connectivity index (χ1) is 9.52. The van der Waals surface area contributed by atoms with Crippen LogP contribution in [0, 0.1) is 3.57 Å². The van der Waals surface area contributed by atoms with E-state index in [-0.39, 0.29) is 19.0 Å². The maximum atomic E-state index is 11.9. The SMILES string of the molecule is COCCN(CC(=O)O)CC(=O)Nc1ccccc1I. The zero-order valence-corrected chi connectivity index (χ0v) is 13.3. The molecule has 0 radical (unpaired) electrons. The number of benzene rings is 1. The van der Waals surface area contributed by atoms with Gasteiger partial charge in [-0.1, -0.05) is 12.1 Å². The molecule has 0 atom stereocenters. The molecule has 0 spiro atoms. The maximum Gasteiger partial charge on any atom is 0.317 e. The molecule has 1 rings (SSSR count). The van der Waals surface area contributed by atoms with Crippen LogP contribution >= 0.6 is 22.6 Å². The third-order valence-electron chi connectivity index (χ3n) is 2.49. The summed E-state index contributed by atoms with van der Waals surface area (Å²) in [5.41, 5.74) is 0.722. The number of nitrogens with zero attached hydrogens (tertiary/aromatic N) is 1. The average Bonchev–Trinajstić information content (AvgIpc) is 2.38. The van der Waals surface area contributed by atoms with E-state index in [1.54, 1.807) is 6.07 Å². The van der Waals surface area contributed by atoms with E-state index in [9.17, 15) is 9.59 Å². The summed E-state index contributed by atoms with van der Waals surface area (Å²) in [4.78, 5) is 24.2. The van der Waals surface area contributed by atoms with E-state index in [1.165, 1.54) is 12.0 Å². The first kappa shape index (κ1) is 16.9. The van der Waals surface area contributed by atoms with Gasteiger partial charge in [0.1, 0.15) is 0 Å². The number of anilines is 1. The fraction of sp³-hybridized carbons (Fsp3) is 0.385. The summed E-state index contributed by atoms with van der Waals surface area (Å²) < 4.78 is 5.84. The predicted octanol–water partition coefficient (Wildman–Crippen LogP) is 1.26. The highest BCUT2D eigenvalue weighted by atomic mass is 127. The molecule has 0 aromatic heterocycles. The number of para-hydroxylation sites is 1. The Morgan fingerprint density at radius 3 is 2.65 bits per heavy atom. The number of carboxylic acids is 1. The number of aliphatic carboxylic acids is 1. The summed E-state index contributed by atoms with van der Waals surface area (Å²) in [5, 5.41) is 11.6. The third-order valence-corrected chi connectivity index (χ3v) is 3.43. The van der Waals surface area contributed by atoms with E-state index in [4.69, 9.17) is 9.84 Å². The van der Waals surface area contributed by atoms with Crippen molar-refractivity contribution in [3.8, 4) is 0 Å². The Labute approximate surface area is 131 Å². The minimum absolute atomic E-state index is 0.0145. The summed E-state index contributed by atoms with van der Waals surface area (Å²) in [6.07, 6.45) is 0. The van der Waals surface area contributed by atoms with Gasteiger partial charge in [0, 0.05) is 17.2 Å². The minimum Gasteiger partial charge on any atom is -0.480 e. The van der Waals surface area contributed by atoms with Crippen LogP contribution in [0.4, 0.5) is 5.69 Å². The molecule has 1 aromatic carbocycles. The van der Waals surface area contributed by atoms with Crippen molar-refractivity contribution in [2.45, 2.75) is 0 Å². The monoisotopic (exact) mass is 392 g/mol. The highest BCUT2D eigenvalue weighted by Gasteiger charge is 2.14. The highest BCUT2D eigenvalue weighted by Crippen LogP contribution is 2.16. The summed E-state index contributed by atoms with van der Waals surface area (Å²) in [7, 11) is 1.53. The first-order valence-corrected chi connectivity index (χ1v) is 7.08. The zero-order chi connectivity index (χ0) is 15.0. The van der Waals surface area contributed by atoms with E-state index in [0.29, 0.717) is 13.2 Å². The lowest BCUT2D eigenvalue weighted by atomic mass is 10.3. The summed E-state index contributed by atoms with van der Waals surface area (Å²) >= 11 is 2.13. The Morgan fingerprint density at radius 1 is 1.35 bits per heavy atom. The molecule has 0 aliphatic heterocycles. The molecular formula is C13H17IN2O4. The van der Waals surface area contributed by atoms with Crippen molar-refractivity contribution < 1.29 is 19.4 Å². The molecule has 0 saturated carbocycles. The van der Waals surface area contributed by atoms with Gasteiger partial charge in [-0.25, -0.2) is 0 Å². The predicted molar refractivity (Wildman–Crippen MR) is 83.7 cm³/mol. The van der Waals surface area contributed by atoms with Crippen LogP contribution in [0.5, 0.6) is 0 Å². The van der Waals surface area contributed by atoms with E-state index < -0.39 is 5.97 Å². The fourth-order valence-electron chi connectivity index (χ4n) is 1.58. The second-order valence-electron chi connectivity index (χ2n) is 4.13. The number of amides is 1. The molecule has 2 N–H and O–H groups in total. The number of rotatable bonds is 8. The number of methoxy groups -OCH3 is 1. The van der Waals surface area contributed by atoms with Gasteiger partial charge in [0.25, 0.3) is 0 Å². The average molecular weight is 392 g/mol. The molecule has 20 heavy (non-hydrogen) atoms. The van der Waals surface area contributed by atoms with Crippen molar-refractivity contribution in [3.63, 3.8) is 0 Å². The van der Waals surface area contributed by atoms with E-state index in [0.717, 1.165) is 9.26 Å². The lowest BCUT2D eigenvalue weighted by Gasteiger charge is -2.19. The second kappa shape index (κ2) is 8.88. The van der Waals surface area contributed by atoms with Crippen LogP contribution in [0.3, 0.4) is 0 Å². The van der Waals surface area contributed by atoms with E-state index in [1.807, 2.05) is 18.2 Å².